The van der Waals surface area contributed by atoms with Crippen LogP contribution >= 0.6 is 0 Å². The van der Waals surface area contributed by atoms with Crippen molar-refractivity contribution in [3.05, 3.63) is 12.2 Å². The lowest BCUT2D eigenvalue weighted by molar-refractivity contribution is -0.138. The average Bonchev–Trinajstić information content (AvgIpc) is 2.13. The molecule has 1 atom stereocenters. The van der Waals surface area contributed by atoms with Crippen LogP contribution in [0.25, 0.3) is 0 Å². The molecule has 0 aromatic rings. The lowest BCUT2D eigenvalue weighted by Crippen LogP contribution is -2.29. The minimum Gasteiger partial charge on any atom is -0.481 e. The number of carboxylic acids is 1. The zero-order valence-electron chi connectivity index (χ0n) is 10.2. The van der Waals surface area contributed by atoms with Crippen molar-refractivity contribution in [3.63, 3.8) is 0 Å². The Labute approximate surface area is 96.7 Å². The third-order valence-electron chi connectivity index (χ3n) is 2.15. The van der Waals surface area contributed by atoms with Gasteiger partial charge in [0.15, 0.2) is 0 Å². The topological polar surface area (TPSA) is 66.4 Å². The molecule has 0 rings (SSSR count). The number of hydrogen-bond donors (Lipinski definition) is 2. The quantitative estimate of drug-likeness (QED) is 0.652. The first-order valence-electron chi connectivity index (χ1n) is 5.58. The van der Waals surface area contributed by atoms with Gasteiger partial charge in [-0.15, -0.1) is 0 Å². The predicted molar refractivity (Wildman–Crippen MR) is 63.0 cm³/mol. The minimum atomic E-state index is -0.814. The number of rotatable bonds is 7. The van der Waals surface area contributed by atoms with Gasteiger partial charge in [0.25, 0.3) is 0 Å². The van der Waals surface area contributed by atoms with Gasteiger partial charge < -0.3 is 10.4 Å². The van der Waals surface area contributed by atoms with Crippen molar-refractivity contribution < 1.29 is 14.7 Å². The molecule has 0 spiro atoms. The lowest BCUT2D eigenvalue weighted by Gasteiger charge is -2.17. The number of nitrogens with one attached hydrogen (secondary N) is 1. The Morgan fingerprint density at radius 3 is 2.44 bits per heavy atom. The zero-order valence-corrected chi connectivity index (χ0v) is 10.2. The van der Waals surface area contributed by atoms with Gasteiger partial charge in [-0.05, 0) is 31.3 Å². The van der Waals surface area contributed by atoms with Crippen molar-refractivity contribution in [2.75, 3.05) is 6.54 Å². The van der Waals surface area contributed by atoms with Gasteiger partial charge in [0.2, 0.25) is 5.91 Å². The average molecular weight is 227 g/mol. The van der Waals surface area contributed by atoms with Crippen molar-refractivity contribution in [1.29, 1.82) is 0 Å². The van der Waals surface area contributed by atoms with Crippen LogP contribution in [0.1, 0.15) is 33.6 Å². The molecule has 0 saturated carbocycles. The smallest absolute Gasteiger partial charge is 0.303 e. The number of aliphatic carboxylic acids is 1. The Bertz CT molecular complexity index is 259. The van der Waals surface area contributed by atoms with Gasteiger partial charge in [-0.2, -0.15) is 0 Å². The van der Waals surface area contributed by atoms with Gasteiger partial charge in [0.05, 0.1) is 0 Å². The summed E-state index contributed by atoms with van der Waals surface area (Å²) >= 11 is 0. The Hall–Kier alpha value is -1.32. The van der Waals surface area contributed by atoms with Crippen molar-refractivity contribution in [2.45, 2.75) is 33.6 Å². The fraction of sp³-hybridized carbons (Fsp3) is 0.667. The minimum absolute atomic E-state index is 0.00621. The molecule has 4 nitrogen and oxygen atoms in total. The summed E-state index contributed by atoms with van der Waals surface area (Å²) in [5.74, 6) is -0.540. The summed E-state index contributed by atoms with van der Waals surface area (Å²) in [6.07, 6.45) is 4.01. The van der Waals surface area contributed by atoms with E-state index in [0.29, 0.717) is 12.5 Å². The van der Waals surface area contributed by atoms with Crippen molar-refractivity contribution >= 4 is 11.9 Å². The standard InChI is InChI=1S/C12H21NO3/c1-4-5-11(14)13-8-10(6-9(2)3)7-12(15)16/h4-5,9-10H,6-8H2,1-3H3,(H,13,14)(H,15,16). The maximum atomic E-state index is 11.2. The third-order valence-corrected chi connectivity index (χ3v) is 2.15. The largest absolute Gasteiger partial charge is 0.481 e. The van der Waals surface area contributed by atoms with E-state index in [1.54, 1.807) is 13.0 Å². The van der Waals surface area contributed by atoms with Gasteiger partial charge in [-0.25, -0.2) is 0 Å². The van der Waals surface area contributed by atoms with E-state index < -0.39 is 5.97 Å². The molecule has 16 heavy (non-hydrogen) atoms. The highest BCUT2D eigenvalue weighted by atomic mass is 16.4. The molecule has 0 aromatic carbocycles. The first-order chi connectivity index (χ1) is 7.45. The Balaban J connectivity index is 4.10. The normalized spacial score (nSPS) is 13.0. The number of carbonyl (C=O) groups is 2. The van der Waals surface area contributed by atoms with Crippen LogP contribution in [0.5, 0.6) is 0 Å². The van der Waals surface area contributed by atoms with Crippen LogP contribution in [0.3, 0.4) is 0 Å². The fourth-order valence-corrected chi connectivity index (χ4v) is 1.61. The van der Waals surface area contributed by atoms with Crippen LogP contribution in [0.15, 0.2) is 12.2 Å². The molecule has 4 heteroatoms. The summed E-state index contributed by atoms with van der Waals surface area (Å²) in [7, 11) is 0. The van der Waals surface area contributed by atoms with E-state index in [0.717, 1.165) is 6.42 Å². The van der Waals surface area contributed by atoms with E-state index in [1.807, 2.05) is 13.8 Å². The summed E-state index contributed by atoms with van der Waals surface area (Å²) in [5, 5.41) is 11.4. The maximum Gasteiger partial charge on any atom is 0.303 e. The van der Waals surface area contributed by atoms with Crippen molar-refractivity contribution in [1.82, 2.24) is 5.32 Å². The van der Waals surface area contributed by atoms with Gasteiger partial charge in [0, 0.05) is 13.0 Å². The van der Waals surface area contributed by atoms with Crippen LogP contribution < -0.4 is 5.32 Å². The van der Waals surface area contributed by atoms with Crippen LogP contribution in [0.2, 0.25) is 0 Å². The van der Waals surface area contributed by atoms with E-state index >= 15 is 0 Å². The van der Waals surface area contributed by atoms with Gasteiger partial charge in [0.1, 0.15) is 0 Å². The Morgan fingerprint density at radius 2 is 2.00 bits per heavy atom. The summed E-state index contributed by atoms with van der Waals surface area (Å²) in [6, 6.07) is 0. The molecule has 2 N–H and O–H groups in total. The summed E-state index contributed by atoms with van der Waals surface area (Å²) in [6.45, 7) is 6.28. The number of amides is 1. The number of carboxylic acid groups (broad SMARTS) is 1. The lowest BCUT2D eigenvalue weighted by atomic mass is 9.94. The summed E-state index contributed by atoms with van der Waals surface area (Å²) < 4.78 is 0. The molecule has 0 radical (unpaired) electrons. The highest BCUT2D eigenvalue weighted by Crippen LogP contribution is 2.14. The Kier molecular flexibility index (Phi) is 7.25. The number of allylic oxidation sites excluding steroid dienone is 1. The first-order valence-corrected chi connectivity index (χ1v) is 5.58. The highest BCUT2D eigenvalue weighted by Gasteiger charge is 2.15. The van der Waals surface area contributed by atoms with Gasteiger partial charge in [-0.3, -0.25) is 9.59 Å². The summed E-state index contributed by atoms with van der Waals surface area (Å²) in [5.41, 5.74) is 0. The van der Waals surface area contributed by atoms with Gasteiger partial charge >= 0.3 is 5.97 Å². The van der Waals surface area contributed by atoms with Crippen LogP contribution in [0.4, 0.5) is 0 Å². The second kappa shape index (κ2) is 7.91. The third kappa shape index (κ3) is 8.03. The molecule has 0 aliphatic carbocycles. The van der Waals surface area contributed by atoms with E-state index in [-0.39, 0.29) is 18.2 Å². The highest BCUT2D eigenvalue weighted by molar-refractivity contribution is 5.87. The zero-order chi connectivity index (χ0) is 12.6. The predicted octanol–water partition coefficient (Wildman–Crippen LogP) is 1.82. The molecule has 0 aromatic heterocycles. The molecule has 0 aliphatic heterocycles. The van der Waals surface area contributed by atoms with Crippen molar-refractivity contribution in [3.8, 4) is 0 Å². The summed E-state index contributed by atoms with van der Waals surface area (Å²) in [4.78, 5) is 21.8. The monoisotopic (exact) mass is 227 g/mol. The van der Waals surface area contributed by atoms with E-state index in [2.05, 4.69) is 5.32 Å². The number of hydrogen-bond acceptors (Lipinski definition) is 2. The van der Waals surface area contributed by atoms with Crippen LogP contribution in [0, 0.1) is 11.8 Å². The number of carbonyl (C=O) groups excluding carboxylic acids is 1. The molecule has 0 aliphatic rings. The van der Waals surface area contributed by atoms with Crippen molar-refractivity contribution in [2.24, 2.45) is 11.8 Å². The molecule has 0 saturated heterocycles. The molecular weight excluding hydrogens is 206 g/mol. The second-order valence-corrected chi connectivity index (χ2v) is 4.34. The first kappa shape index (κ1) is 14.7. The molecule has 1 unspecified atom stereocenters. The maximum absolute atomic E-state index is 11.2. The fourth-order valence-electron chi connectivity index (χ4n) is 1.61. The van der Waals surface area contributed by atoms with Crippen LogP contribution in [-0.4, -0.2) is 23.5 Å². The van der Waals surface area contributed by atoms with E-state index in [4.69, 9.17) is 5.11 Å². The Morgan fingerprint density at radius 1 is 1.38 bits per heavy atom. The van der Waals surface area contributed by atoms with E-state index in [1.165, 1.54) is 6.08 Å². The molecule has 0 heterocycles. The molecule has 0 fully saturated rings. The SMILES string of the molecule is CC=CC(=O)NCC(CC(=O)O)CC(C)C. The van der Waals surface area contributed by atoms with E-state index in [9.17, 15) is 9.59 Å². The van der Waals surface area contributed by atoms with Crippen LogP contribution in [-0.2, 0) is 9.59 Å². The molecule has 1 amide bonds. The molecule has 0 bridgehead atoms. The molecular formula is C12H21NO3. The van der Waals surface area contributed by atoms with Gasteiger partial charge in [-0.1, -0.05) is 19.9 Å². The second-order valence-electron chi connectivity index (χ2n) is 4.34. The molecule has 92 valence electrons.